The predicted octanol–water partition coefficient (Wildman–Crippen LogP) is 2.69. The van der Waals surface area contributed by atoms with E-state index in [4.69, 9.17) is 6.42 Å². The van der Waals surface area contributed by atoms with Gasteiger partial charge in [0.2, 0.25) is 0 Å². The number of nitrogens with zero attached hydrogens (tertiary/aromatic N) is 2. The quantitative estimate of drug-likeness (QED) is 0.778. The summed E-state index contributed by atoms with van der Waals surface area (Å²) in [7, 11) is 0. The lowest BCUT2D eigenvalue weighted by Crippen LogP contribution is -2.26. The van der Waals surface area contributed by atoms with Gasteiger partial charge in [-0.2, -0.15) is 0 Å². The lowest BCUT2D eigenvalue weighted by Gasteiger charge is -2.23. The Morgan fingerprint density at radius 3 is 3.00 bits per heavy atom. The SMILES string of the molecule is C#CCN(CC1CC1)c1ccncc1Br. The van der Waals surface area contributed by atoms with Crippen molar-refractivity contribution in [3.63, 3.8) is 0 Å². The average Bonchev–Trinajstić information content (AvgIpc) is 3.02. The second-order valence-corrected chi connectivity index (χ2v) is 4.71. The molecule has 1 aliphatic rings. The first-order valence-electron chi connectivity index (χ1n) is 5.09. The maximum Gasteiger partial charge on any atom is 0.0792 e. The maximum absolute atomic E-state index is 5.39. The molecule has 0 aliphatic heterocycles. The van der Waals surface area contributed by atoms with Crippen molar-refractivity contribution in [3.05, 3.63) is 22.9 Å². The molecule has 1 saturated carbocycles. The van der Waals surface area contributed by atoms with Gasteiger partial charge in [-0.15, -0.1) is 6.42 Å². The summed E-state index contributed by atoms with van der Waals surface area (Å²) in [6, 6.07) is 2.00. The van der Waals surface area contributed by atoms with Crippen LogP contribution in [0.3, 0.4) is 0 Å². The van der Waals surface area contributed by atoms with Crippen molar-refractivity contribution in [3.8, 4) is 12.3 Å². The van der Waals surface area contributed by atoms with Gasteiger partial charge in [0.25, 0.3) is 0 Å². The van der Waals surface area contributed by atoms with Gasteiger partial charge < -0.3 is 4.90 Å². The zero-order valence-electron chi connectivity index (χ0n) is 8.49. The summed E-state index contributed by atoms with van der Waals surface area (Å²) in [6.45, 7) is 1.73. The Morgan fingerprint density at radius 2 is 2.40 bits per heavy atom. The number of rotatable bonds is 4. The van der Waals surface area contributed by atoms with Gasteiger partial charge in [-0.25, -0.2) is 0 Å². The van der Waals surface area contributed by atoms with Crippen LogP contribution in [0.1, 0.15) is 12.8 Å². The van der Waals surface area contributed by atoms with Gasteiger partial charge in [0.05, 0.1) is 16.7 Å². The van der Waals surface area contributed by atoms with E-state index >= 15 is 0 Å². The Hall–Kier alpha value is -1.01. The number of hydrogen-bond acceptors (Lipinski definition) is 2. The van der Waals surface area contributed by atoms with E-state index < -0.39 is 0 Å². The summed E-state index contributed by atoms with van der Waals surface area (Å²) in [5.41, 5.74) is 1.15. The molecule has 0 atom stereocenters. The normalized spacial score (nSPS) is 14.7. The van der Waals surface area contributed by atoms with E-state index in [-0.39, 0.29) is 0 Å². The highest BCUT2D eigenvalue weighted by molar-refractivity contribution is 9.10. The van der Waals surface area contributed by atoms with Crippen LogP contribution in [-0.2, 0) is 0 Å². The smallest absolute Gasteiger partial charge is 0.0792 e. The van der Waals surface area contributed by atoms with Crippen LogP contribution >= 0.6 is 15.9 Å². The molecule has 1 aromatic heterocycles. The number of anilines is 1. The third-order valence-electron chi connectivity index (χ3n) is 2.55. The highest BCUT2D eigenvalue weighted by Gasteiger charge is 2.24. The number of hydrogen-bond donors (Lipinski definition) is 0. The average molecular weight is 265 g/mol. The Kier molecular flexibility index (Phi) is 3.27. The van der Waals surface area contributed by atoms with E-state index in [0.29, 0.717) is 6.54 Å². The summed E-state index contributed by atoms with van der Waals surface area (Å²) in [4.78, 5) is 6.30. The number of terminal acetylenes is 1. The first-order chi connectivity index (χ1) is 7.31. The topological polar surface area (TPSA) is 16.1 Å². The molecule has 0 aromatic carbocycles. The first-order valence-corrected chi connectivity index (χ1v) is 5.88. The van der Waals surface area contributed by atoms with Gasteiger partial charge in [0.15, 0.2) is 0 Å². The molecule has 0 unspecified atom stereocenters. The summed E-state index contributed by atoms with van der Waals surface area (Å²) in [5, 5.41) is 0. The molecule has 0 bridgehead atoms. The van der Waals surface area contributed by atoms with E-state index in [1.807, 2.05) is 12.3 Å². The van der Waals surface area contributed by atoms with Crippen molar-refractivity contribution in [2.24, 2.45) is 5.92 Å². The molecular weight excluding hydrogens is 252 g/mol. The second-order valence-electron chi connectivity index (χ2n) is 3.86. The molecule has 1 aliphatic carbocycles. The standard InChI is InChI=1S/C12H13BrN2/c1-2-7-15(9-10-3-4-10)12-5-6-14-8-11(12)13/h1,5-6,8,10H,3-4,7,9H2. The maximum atomic E-state index is 5.39. The highest BCUT2D eigenvalue weighted by Crippen LogP contribution is 2.33. The van der Waals surface area contributed by atoms with E-state index in [1.54, 1.807) is 6.20 Å². The molecule has 0 N–H and O–H groups in total. The van der Waals surface area contributed by atoms with Crippen molar-refractivity contribution in [2.75, 3.05) is 18.0 Å². The van der Waals surface area contributed by atoms with Crippen LogP contribution < -0.4 is 4.90 Å². The minimum absolute atomic E-state index is 0.666. The Morgan fingerprint density at radius 1 is 1.60 bits per heavy atom. The van der Waals surface area contributed by atoms with Crippen molar-refractivity contribution in [1.29, 1.82) is 0 Å². The van der Waals surface area contributed by atoms with Gasteiger partial charge in [-0.3, -0.25) is 4.98 Å². The first kappa shape index (κ1) is 10.5. The minimum Gasteiger partial charge on any atom is -0.359 e. The van der Waals surface area contributed by atoms with E-state index in [1.165, 1.54) is 12.8 Å². The fourth-order valence-corrected chi connectivity index (χ4v) is 2.10. The van der Waals surface area contributed by atoms with Crippen molar-refractivity contribution in [1.82, 2.24) is 4.98 Å². The van der Waals surface area contributed by atoms with Crippen LogP contribution in [0.15, 0.2) is 22.9 Å². The van der Waals surface area contributed by atoms with E-state index in [9.17, 15) is 0 Å². The number of aromatic nitrogens is 1. The molecule has 2 rings (SSSR count). The van der Waals surface area contributed by atoms with Crippen molar-refractivity contribution >= 4 is 21.6 Å². The molecule has 0 amide bonds. The van der Waals surface area contributed by atoms with Crippen LogP contribution in [0, 0.1) is 18.3 Å². The Bertz CT molecular complexity index is 379. The second kappa shape index (κ2) is 4.67. The Balaban J connectivity index is 2.15. The third-order valence-corrected chi connectivity index (χ3v) is 3.16. The largest absolute Gasteiger partial charge is 0.359 e. The van der Waals surface area contributed by atoms with Crippen LogP contribution in [-0.4, -0.2) is 18.1 Å². The van der Waals surface area contributed by atoms with Crippen LogP contribution in [0.2, 0.25) is 0 Å². The zero-order chi connectivity index (χ0) is 10.7. The van der Waals surface area contributed by atoms with Gasteiger partial charge in [0.1, 0.15) is 0 Å². The molecule has 1 heterocycles. The van der Waals surface area contributed by atoms with E-state index in [0.717, 1.165) is 22.6 Å². The third kappa shape index (κ3) is 2.73. The Labute approximate surface area is 98.8 Å². The summed E-state index contributed by atoms with van der Waals surface area (Å²) in [5.74, 6) is 3.54. The van der Waals surface area contributed by atoms with Crippen molar-refractivity contribution < 1.29 is 0 Å². The van der Waals surface area contributed by atoms with Gasteiger partial charge in [-0.05, 0) is 40.8 Å². The molecule has 78 valence electrons. The molecule has 0 saturated heterocycles. The summed E-state index contributed by atoms with van der Waals surface area (Å²) in [6.07, 6.45) is 11.7. The molecule has 1 aromatic rings. The van der Waals surface area contributed by atoms with E-state index in [2.05, 4.69) is 31.7 Å². The molecular formula is C12H13BrN2. The van der Waals surface area contributed by atoms with Crippen molar-refractivity contribution in [2.45, 2.75) is 12.8 Å². The number of pyridine rings is 1. The zero-order valence-corrected chi connectivity index (χ0v) is 10.1. The van der Waals surface area contributed by atoms with Gasteiger partial charge in [-0.1, -0.05) is 5.92 Å². The van der Waals surface area contributed by atoms with Gasteiger partial charge in [0, 0.05) is 18.9 Å². The van der Waals surface area contributed by atoms with Crippen LogP contribution in [0.5, 0.6) is 0 Å². The monoisotopic (exact) mass is 264 g/mol. The highest BCUT2D eigenvalue weighted by atomic mass is 79.9. The summed E-state index contributed by atoms with van der Waals surface area (Å²) < 4.78 is 1.01. The number of halogens is 1. The fourth-order valence-electron chi connectivity index (χ4n) is 1.59. The predicted molar refractivity (Wildman–Crippen MR) is 65.7 cm³/mol. The molecule has 2 nitrogen and oxygen atoms in total. The summed E-state index contributed by atoms with van der Waals surface area (Å²) >= 11 is 3.50. The lowest BCUT2D eigenvalue weighted by atomic mass is 10.3. The van der Waals surface area contributed by atoms with Gasteiger partial charge >= 0.3 is 0 Å². The molecule has 0 spiro atoms. The fraction of sp³-hybridized carbons (Fsp3) is 0.417. The molecule has 3 heteroatoms. The van der Waals surface area contributed by atoms with Crippen LogP contribution in [0.4, 0.5) is 5.69 Å². The molecule has 0 radical (unpaired) electrons. The molecule has 15 heavy (non-hydrogen) atoms. The minimum atomic E-state index is 0.666. The molecule has 1 fully saturated rings. The lowest BCUT2D eigenvalue weighted by molar-refractivity contribution is 0.763. The van der Waals surface area contributed by atoms with Crippen LogP contribution in [0.25, 0.3) is 0 Å².